The highest BCUT2D eigenvalue weighted by Gasteiger charge is 1.96. The molecule has 0 fully saturated rings. The van der Waals surface area contributed by atoms with Crippen molar-refractivity contribution < 1.29 is 19.3 Å². The Bertz CT molecular complexity index is 583. The summed E-state index contributed by atoms with van der Waals surface area (Å²) in [7, 11) is 0. The molecule has 116 valence electrons. The molecule has 1 aromatic rings. The van der Waals surface area contributed by atoms with Gasteiger partial charge < -0.3 is 9.68 Å². The van der Waals surface area contributed by atoms with Crippen molar-refractivity contribution >= 4 is 47.4 Å². The number of anilines is 1. The third-order valence-electron chi connectivity index (χ3n) is 1.89. The molecule has 0 saturated heterocycles. The molecule has 0 bridgehead atoms. The van der Waals surface area contributed by atoms with Crippen LogP contribution in [0, 0.1) is 0 Å². The predicted octanol–water partition coefficient (Wildman–Crippen LogP) is 2.21. The van der Waals surface area contributed by atoms with Gasteiger partial charge in [0.1, 0.15) is 5.71 Å². The van der Waals surface area contributed by atoms with Crippen LogP contribution in [0.2, 0.25) is 5.02 Å². The van der Waals surface area contributed by atoms with Crippen molar-refractivity contribution in [2.24, 2.45) is 15.4 Å². The number of carbonyl (C=O) groups is 2. The molecule has 0 aliphatic rings. The van der Waals surface area contributed by atoms with Crippen molar-refractivity contribution in [3.63, 3.8) is 0 Å². The van der Waals surface area contributed by atoms with E-state index < -0.39 is 11.9 Å². The van der Waals surface area contributed by atoms with Crippen LogP contribution < -0.4 is 5.43 Å². The molecule has 0 radical (unpaired) electrons. The maximum atomic E-state index is 10.6. The maximum absolute atomic E-state index is 10.6. The fraction of sp³-hybridized carbons (Fsp3) is 0.154. The van der Waals surface area contributed by atoms with E-state index in [0.717, 1.165) is 12.4 Å². The lowest BCUT2D eigenvalue weighted by Crippen LogP contribution is -2.08. The normalized spacial score (nSPS) is 10.5. The van der Waals surface area contributed by atoms with Crippen molar-refractivity contribution in [1.29, 1.82) is 0 Å². The van der Waals surface area contributed by atoms with Gasteiger partial charge in [-0.05, 0) is 24.3 Å². The number of hydrazone groups is 1. The Hall–Kier alpha value is -2.74. The summed E-state index contributed by atoms with van der Waals surface area (Å²) >= 11 is 5.77. The number of hydrogen-bond donors (Lipinski definition) is 1. The van der Waals surface area contributed by atoms with Crippen molar-refractivity contribution in [3.8, 4) is 0 Å². The minimum Gasteiger partial charge on any atom is -0.319 e. The minimum atomic E-state index is -0.585. The van der Waals surface area contributed by atoms with Crippen LogP contribution in [0.5, 0.6) is 0 Å². The number of nitrogens with zero attached hydrogens (tertiary/aromatic N) is 3. The third-order valence-corrected chi connectivity index (χ3v) is 2.14. The average Bonchev–Trinajstić information content (AvgIpc) is 2.45. The van der Waals surface area contributed by atoms with Gasteiger partial charge in [-0.2, -0.15) is 5.10 Å². The number of oxime groups is 2. The molecule has 0 saturated carbocycles. The van der Waals surface area contributed by atoms with Gasteiger partial charge in [-0.3, -0.25) is 5.43 Å². The summed E-state index contributed by atoms with van der Waals surface area (Å²) in [4.78, 5) is 30.1. The Labute approximate surface area is 131 Å². The van der Waals surface area contributed by atoms with E-state index in [4.69, 9.17) is 11.6 Å². The van der Waals surface area contributed by atoms with E-state index in [1.807, 2.05) is 0 Å². The molecule has 1 aromatic carbocycles. The van der Waals surface area contributed by atoms with E-state index in [-0.39, 0.29) is 5.71 Å². The monoisotopic (exact) mass is 324 g/mol. The lowest BCUT2D eigenvalue weighted by molar-refractivity contribution is -0.141. The van der Waals surface area contributed by atoms with Crippen molar-refractivity contribution in [1.82, 2.24) is 0 Å². The van der Waals surface area contributed by atoms with Gasteiger partial charge in [0.05, 0.1) is 18.1 Å². The van der Waals surface area contributed by atoms with Crippen LogP contribution >= 0.6 is 11.6 Å². The molecule has 0 heterocycles. The number of hydrogen-bond acceptors (Lipinski definition) is 8. The maximum Gasteiger partial charge on any atom is 0.331 e. The Morgan fingerprint density at radius 3 is 2.00 bits per heavy atom. The molecule has 22 heavy (non-hydrogen) atoms. The lowest BCUT2D eigenvalue weighted by atomic mass is 10.3. The molecular formula is C13H13ClN4O4. The highest BCUT2D eigenvalue weighted by molar-refractivity contribution is 6.55. The van der Waals surface area contributed by atoms with Crippen LogP contribution in [0.15, 0.2) is 39.7 Å². The summed E-state index contributed by atoms with van der Waals surface area (Å²) in [6, 6.07) is 6.77. The summed E-state index contributed by atoms with van der Waals surface area (Å²) in [6.07, 6.45) is 2.24. The molecule has 0 aliphatic carbocycles. The first-order valence-electron chi connectivity index (χ1n) is 5.98. The molecule has 0 amide bonds. The summed E-state index contributed by atoms with van der Waals surface area (Å²) in [5.74, 6) is -1.17. The summed E-state index contributed by atoms with van der Waals surface area (Å²) in [6.45, 7) is 2.40. The number of halogens is 1. The first-order valence-corrected chi connectivity index (χ1v) is 6.36. The van der Waals surface area contributed by atoms with Gasteiger partial charge >= 0.3 is 11.9 Å². The van der Waals surface area contributed by atoms with E-state index >= 15 is 0 Å². The number of rotatable bonds is 6. The van der Waals surface area contributed by atoms with Crippen LogP contribution in [0.1, 0.15) is 13.8 Å². The van der Waals surface area contributed by atoms with Crippen LogP contribution in [0.3, 0.4) is 0 Å². The number of benzene rings is 1. The zero-order valence-corrected chi connectivity index (χ0v) is 12.6. The second-order valence-corrected chi connectivity index (χ2v) is 4.23. The highest BCUT2D eigenvalue weighted by atomic mass is 35.5. The van der Waals surface area contributed by atoms with Gasteiger partial charge in [0.15, 0.2) is 0 Å². The summed E-state index contributed by atoms with van der Waals surface area (Å²) in [5.41, 5.74) is 3.52. The predicted molar refractivity (Wildman–Crippen MR) is 83.0 cm³/mol. The van der Waals surface area contributed by atoms with Crippen LogP contribution in [-0.2, 0) is 19.3 Å². The van der Waals surface area contributed by atoms with Crippen molar-refractivity contribution in [3.05, 3.63) is 29.3 Å². The lowest BCUT2D eigenvalue weighted by Gasteiger charge is -2.00. The molecule has 1 N–H and O–H groups in total. The molecule has 0 aliphatic heterocycles. The number of carbonyl (C=O) groups excluding carboxylic acids is 2. The molecule has 0 aromatic heterocycles. The molecule has 0 atom stereocenters. The first kappa shape index (κ1) is 17.3. The SMILES string of the molecule is CC(=O)O/N=C/C(/C=N/OC(C)=O)=NNc1ccc(Cl)cc1. The Morgan fingerprint density at radius 2 is 1.55 bits per heavy atom. The van der Waals surface area contributed by atoms with E-state index in [1.165, 1.54) is 13.8 Å². The Balaban J connectivity index is 2.77. The molecule has 8 nitrogen and oxygen atoms in total. The quantitative estimate of drug-likeness (QED) is 0.491. The highest BCUT2D eigenvalue weighted by Crippen LogP contribution is 2.13. The molecule has 1 rings (SSSR count). The van der Waals surface area contributed by atoms with Crippen molar-refractivity contribution in [2.45, 2.75) is 13.8 Å². The van der Waals surface area contributed by atoms with Crippen LogP contribution in [-0.4, -0.2) is 30.1 Å². The minimum absolute atomic E-state index is 0.150. The van der Waals surface area contributed by atoms with Gasteiger partial charge in [0.25, 0.3) is 0 Å². The van der Waals surface area contributed by atoms with Crippen LogP contribution in [0.25, 0.3) is 0 Å². The van der Waals surface area contributed by atoms with Gasteiger partial charge in [0, 0.05) is 18.9 Å². The first-order chi connectivity index (χ1) is 10.5. The zero-order chi connectivity index (χ0) is 16.4. The van der Waals surface area contributed by atoms with E-state index in [1.54, 1.807) is 24.3 Å². The molecule has 0 spiro atoms. The second kappa shape index (κ2) is 9.24. The Morgan fingerprint density at radius 1 is 1.05 bits per heavy atom. The van der Waals surface area contributed by atoms with Crippen LogP contribution in [0.4, 0.5) is 5.69 Å². The van der Waals surface area contributed by atoms with Crippen molar-refractivity contribution in [2.75, 3.05) is 5.43 Å². The Kier molecular flexibility index (Phi) is 7.27. The van der Waals surface area contributed by atoms with E-state index in [2.05, 4.69) is 30.5 Å². The topological polar surface area (TPSA) is 102 Å². The number of nitrogens with one attached hydrogen (secondary N) is 1. The van der Waals surface area contributed by atoms with Gasteiger partial charge in [0.2, 0.25) is 0 Å². The largest absolute Gasteiger partial charge is 0.331 e. The third kappa shape index (κ3) is 7.75. The molecule has 9 heteroatoms. The molecular weight excluding hydrogens is 312 g/mol. The average molecular weight is 325 g/mol. The molecule has 0 unspecified atom stereocenters. The van der Waals surface area contributed by atoms with Gasteiger partial charge in [-0.25, -0.2) is 9.59 Å². The fourth-order valence-corrected chi connectivity index (χ4v) is 1.18. The smallest absolute Gasteiger partial charge is 0.319 e. The zero-order valence-electron chi connectivity index (χ0n) is 11.8. The second-order valence-electron chi connectivity index (χ2n) is 3.79. The standard InChI is InChI=1S/C13H13ClN4O4/c1-9(19)21-15-7-13(8-16-22-10(2)20)18-17-12-5-3-11(14)4-6-12/h3-8,17H,1-2H3/b15-7+,16-8+. The summed E-state index contributed by atoms with van der Waals surface area (Å²) in [5, 5.41) is 11.3. The fourth-order valence-electron chi connectivity index (χ4n) is 1.05. The van der Waals surface area contributed by atoms with Gasteiger partial charge in [-0.15, -0.1) is 0 Å². The van der Waals surface area contributed by atoms with E-state index in [0.29, 0.717) is 10.7 Å². The van der Waals surface area contributed by atoms with Gasteiger partial charge in [-0.1, -0.05) is 21.9 Å². The summed E-state index contributed by atoms with van der Waals surface area (Å²) < 4.78 is 0. The van der Waals surface area contributed by atoms with E-state index in [9.17, 15) is 9.59 Å².